The molecule has 0 spiro atoms. The lowest BCUT2D eigenvalue weighted by atomic mass is 9.74. The summed E-state index contributed by atoms with van der Waals surface area (Å²) in [7, 11) is 0. The van der Waals surface area contributed by atoms with Gasteiger partial charge in [-0.25, -0.2) is 0 Å². The first-order chi connectivity index (χ1) is 10.00. The van der Waals surface area contributed by atoms with Gasteiger partial charge >= 0.3 is 0 Å². The van der Waals surface area contributed by atoms with Gasteiger partial charge < -0.3 is 10.6 Å². The van der Waals surface area contributed by atoms with E-state index in [1.165, 1.54) is 38.5 Å². The Hall–Kier alpha value is -0.570. The molecule has 2 fully saturated rings. The van der Waals surface area contributed by atoms with Crippen LogP contribution in [-0.2, 0) is 4.79 Å². The summed E-state index contributed by atoms with van der Waals surface area (Å²) in [6, 6.07) is 0. The molecule has 122 valence electrons. The standard InChI is InChI=1S/C18H34N2O/c1-14-6-8-15(9-7-14)10-12-20-17(21)18(2,3)16-5-4-11-19-13-16/h14-16,19H,4-13H2,1-3H3,(H,20,21). The van der Waals surface area contributed by atoms with Gasteiger partial charge in [-0.1, -0.05) is 46.5 Å². The van der Waals surface area contributed by atoms with Crippen molar-refractivity contribution in [2.75, 3.05) is 19.6 Å². The van der Waals surface area contributed by atoms with Crippen molar-refractivity contribution in [3.05, 3.63) is 0 Å². The van der Waals surface area contributed by atoms with Crippen LogP contribution in [-0.4, -0.2) is 25.5 Å². The second-order valence-electron chi connectivity index (χ2n) is 7.94. The van der Waals surface area contributed by atoms with Crippen molar-refractivity contribution in [2.45, 2.75) is 65.7 Å². The second-order valence-corrected chi connectivity index (χ2v) is 7.94. The lowest BCUT2D eigenvalue weighted by Crippen LogP contribution is -2.47. The van der Waals surface area contributed by atoms with Crippen molar-refractivity contribution >= 4 is 5.91 Å². The van der Waals surface area contributed by atoms with E-state index in [2.05, 4.69) is 31.4 Å². The summed E-state index contributed by atoms with van der Waals surface area (Å²) in [5.41, 5.74) is -0.242. The maximum absolute atomic E-state index is 12.5. The van der Waals surface area contributed by atoms with Gasteiger partial charge in [0.15, 0.2) is 0 Å². The monoisotopic (exact) mass is 294 g/mol. The van der Waals surface area contributed by atoms with E-state index in [4.69, 9.17) is 0 Å². The van der Waals surface area contributed by atoms with Crippen LogP contribution in [0.15, 0.2) is 0 Å². The molecule has 2 rings (SSSR count). The fourth-order valence-corrected chi connectivity index (χ4v) is 3.89. The van der Waals surface area contributed by atoms with E-state index in [0.29, 0.717) is 5.92 Å². The van der Waals surface area contributed by atoms with Gasteiger partial charge in [0, 0.05) is 12.0 Å². The zero-order valence-electron chi connectivity index (χ0n) is 14.2. The minimum atomic E-state index is -0.242. The largest absolute Gasteiger partial charge is 0.356 e. The highest BCUT2D eigenvalue weighted by molar-refractivity contribution is 5.82. The SMILES string of the molecule is CC1CCC(CCNC(=O)C(C)(C)C2CCCNC2)CC1. The molecule has 1 heterocycles. The van der Waals surface area contributed by atoms with E-state index in [0.717, 1.165) is 37.9 Å². The molecule has 3 nitrogen and oxygen atoms in total. The number of rotatable bonds is 5. The fraction of sp³-hybridized carbons (Fsp3) is 0.944. The summed E-state index contributed by atoms with van der Waals surface area (Å²) in [6.45, 7) is 9.54. The average Bonchev–Trinajstić information content (AvgIpc) is 2.50. The quantitative estimate of drug-likeness (QED) is 0.816. The van der Waals surface area contributed by atoms with Gasteiger partial charge in [0.05, 0.1) is 0 Å². The van der Waals surface area contributed by atoms with Crippen LogP contribution in [0.2, 0.25) is 0 Å². The van der Waals surface area contributed by atoms with Crippen LogP contribution in [0.4, 0.5) is 0 Å². The van der Waals surface area contributed by atoms with Gasteiger partial charge in [-0.3, -0.25) is 4.79 Å². The van der Waals surface area contributed by atoms with E-state index in [-0.39, 0.29) is 11.3 Å². The number of hydrogen-bond acceptors (Lipinski definition) is 2. The number of amides is 1. The van der Waals surface area contributed by atoms with Gasteiger partial charge in [-0.2, -0.15) is 0 Å². The maximum Gasteiger partial charge on any atom is 0.225 e. The molecule has 2 N–H and O–H groups in total. The normalized spacial score (nSPS) is 30.9. The topological polar surface area (TPSA) is 41.1 Å². The highest BCUT2D eigenvalue weighted by atomic mass is 16.2. The molecule has 1 aliphatic heterocycles. The molecule has 0 aromatic carbocycles. The van der Waals surface area contributed by atoms with Crippen molar-refractivity contribution in [3.8, 4) is 0 Å². The van der Waals surface area contributed by atoms with Gasteiger partial charge in [-0.05, 0) is 50.1 Å². The Bertz CT molecular complexity index is 326. The average molecular weight is 294 g/mol. The Kier molecular flexibility index (Phi) is 6.09. The molecule has 0 radical (unpaired) electrons. The first-order valence-corrected chi connectivity index (χ1v) is 8.99. The Morgan fingerprint density at radius 3 is 2.52 bits per heavy atom. The Labute approximate surface area is 130 Å². The summed E-state index contributed by atoms with van der Waals surface area (Å²) in [5.74, 6) is 2.47. The molecular weight excluding hydrogens is 260 g/mol. The Balaban J connectivity index is 1.70. The minimum Gasteiger partial charge on any atom is -0.356 e. The zero-order chi connectivity index (χ0) is 15.3. The molecule has 3 heteroatoms. The number of carbonyl (C=O) groups excluding carboxylic acids is 1. The van der Waals surface area contributed by atoms with Crippen LogP contribution in [0.3, 0.4) is 0 Å². The van der Waals surface area contributed by atoms with Crippen molar-refractivity contribution < 1.29 is 4.79 Å². The van der Waals surface area contributed by atoms with Crippen LogP contribution < -0.4 is 10.6 Å². The summed E-state index contributed by atoms with van der Waals surface area (Å²) in [5, 5.41) is 6.64. The molecule has 21 heavy (non-hydrogen) atoms. The van der Waals surface area contributed by atoms with Gasteiger partial charge in [0.1, 0.15) is 0 Å². The molecule has 1 saturated carbocycles. The van der Waals surface area contributed by atoms with E-state index in [1.807, 2.05) is 0 Å². The Morgan fingerprint density at radius 2 is 1.90 bits per heavy atom. The first kappa shape index (κ1) is 16.8. The van der Waals surface area contributed by atoms with Crippen LogP contribution in [0.5, 0.6) is 0 Å². The van der Waals surface area contributed by atoms with Gasteiger partial charge in [0.2, 0.25) is 5.91 Å². The third kappa shape index (κ3) is 4.70. The Morgan fingerprint density at radius 1 is 1.19 bits per heavy atom. The number of piperidine rings is 1. The van der Waals surface area contributed by atoms with Gasteiger partial charge in [0.25, 0.3) is 0 Å². The lowest BCUT2D eigenvalue weighted by molar-refractivity contribution is -0.132. The molecule has 1 amide bonds. The number of nitrogens with one attached hydrogen (secondary N) is 2. The van der Waals surface area contributed by atoms with Crippen LogP contribution in [0, 0.1) is 23.2 Å². The number of hydrogen-bond donors (Lipinski definition) is 2. The molecule has 0 aromatic rings. The van der Waals surface area contributed by atoms with Crippen molar-refractivity contribution in [2.24, 2.45) is 23.2 Å². The summed E-state index contributed by atoms with van der Waals surface area (Å²) in [4.78, 5) is 12.5. The van der Waals surface area contributed by atoms with Crippen molar-refractivity contribution in [1.29, 1.82) is 0 Å². The molecule has 0 bridgehead atoms. The molecule has 0 aromatic heterocycles. The summed E-state index contributed by atoms with van der Waals surface area (Å²) in [6.07, 6.45) is 8.99. The van der Waals surface area contributed by atoms with E-state index >= 15 is 0 Å². The van der Waals surface area contributed by atoms with Crippen molar-refractivity contribution in [3.63, 3.8) is 0 Å². The third-order valence-corrected chi connectivity index (χ3v) is 5.88. The molecule has 2 aliphatic rings. The predicted octanol–water partition coefficient (Wildman–Crippen LogP) is 3.34. The molecular formula is C18H34N2O. The molecule has 1 unspecified atom stereocenters. The van der Waals surface area contributed by atoms with Crippen LogP contribution >= 0.6 is 0 Å². The predicted molar refractivity (Wildman–Crippen MR) is 88.1 cm³/mol. The van der Waals surface area contributed by atoms with Gasteiger partial charge in [-0.15, -0.1) is 0 Å². The first-order valence-electron chi connectivity index (χ1n) is 8.99. The minimum absolute atomic E-state index is 0.242. The van der Waals surface area contributed by atoms with E-state index in [1.54, 1.807) is 0 Å². The van der Waals surface area contributed by atoms with Crippen LogP contribution in [0.1, 0.15) is 65.7 Å². The zero-order valence-corrected chi connectivity index (χ0v) is 14.2. The van der Waals surface area contributed by atoms with E-state index in [9.17, 15) is 4.79 Å². The molecule has 1 saturated heterocycles. The fourth-order valence-electron chi connectivity index (χ4n) is 3.89. The molecule has 1 atom stereocenters. The second kappa shape index (κ2) is 7.62. The smallest absolute Gasteiger partial charge is 0.225 e. The highest BCUT2D eigenvalue weighted by Crippen LogP contribution is 2.32. The van der Waals surface area contributed by atoms with Crippen molar-refractivity contribution in [1.82, 2.24) is 10.6 Å². The number of carbonyl (C=O) groups is 1. The van der Waals surface area contributed by atoms with E-state index < -0.39 is 0 Å². The molecule has 1 aliphatic carbocycles. The highest BCUT2D eigenvalue weighted by Gasteiger charge is 2.37. The lowest BCUT2D eigenvalue weighted by Gasteiger charge is -2.36. The summed E-state index contributed by atoms with van der Waals surface area (Å²) < 4.78 is 0. The maximum atomic E-state index is 12.5. The summed E-state index contributed by atoms with van der Waals surface area (Å²) >= 11 is 0. The van der Waals surface area contributed by atoms with Crippen LogP contribution in [0.25, 0.3) is 0 Å². The third-order valence-electron chi connectivity index (χ3n) is 5.88.